The largest absolute Gasteiger partial charge is 0.490 e. The van der Waals surface area contributed by atoms with Crippen LogP contribution in [0.4, 0.5) is 0 Å². The fourth-order valence-electron chi connectivity index (χ4n) is 2.97. The van der Waals surface area contributed by atoms with E-state index < -0.39 is 0 Å². The second-order valence-electron chi connectivity index (χ2n) is 5.40. The van der Waals surface area contributed by atoms with Crippen molar-refractivity contribution in [2.75, 3.05) is 6.54 Å². The quantitative estimate of drug-likeness (QED) is 0.878. The third kappa shape index (κ3) is 3.87. The summed E-state index contributed by atoms with van der Waals surface area (Å²) < 4.78 is 6.28. The van der Waals surface area contributed by atoms with Crippen LogP contribution >= 0.6 is 11.6 Å². The van der Waals surface area contributed by atoms with Crippen LogP contribution in [0.2, 0.25) is 5.02 Å². The highest BCUT2D eigenvalue weighted by molar-refractivity contribution is 6.30. The fraction of sp³-hybridized carbons (Fsp3) is 0.625. The van der Waals surface area contributed by atoms with Gasteiger partial charge in [0.15, 0.2) is 0 Å². The SMILES string of the molecule is CCC1CCCCC1Oc1ccc(Cl)cc1CCN. The molecule has 19 heavy (non-hydrogen) atoms. The van der Waals surface area contributed by atoms with Gasteiger partial charge in [-0.05, 0) is 68.3 Å². The molecule has 0 spiro atoms. The highest BCUT2D eigenvalue weighted by Gasteiger charge is 2.25. The third-order valence-electron chi connectivity index (χ3n) is 4.08. The van der Waals surface area contributed by atoms with E-state index in [1.165, 1.54) is 32.1 Å². The molecule has 0 heterocycles. The van der Waals surface area contributed by atoms with Gasteiger partial charge in [-0.25, -0.2) is 0 Å². The first-order chi connectivity index (χ1) is 9.24. The second kappa shape index (κ2) is 7.16. The minimum atomic E-state index is 0.358. The van der Waals surface area contributed by atoms with Crippen LogP contribution in [0, 0.1) is 5.92 Å². The van der Waals surface area contributed by atoms with E-state index >= 15 is 0 Å². The van der Waals surface area contributed by atoms with Crippen molar-refractivity contribution in [2.45, 2.75) is 51.6 Å². The van der Waals surface area contributed by atoms with E-state index in [2.05, 4.69) is 6.92 Å². The lowest BCUT2D eigenvalue weighted by Crippen LogP contribution is -2.30. The van der Waals surface area contributed by atoms with Gasteiger partial charge in [-0.1, -0.05) is 24.9 Å². The Balaban J connectivity index is 2.12. The molecule has 0 bridgehead atoms. The summed E-state index contributed by atoms with van der Waals surface area (Å²) in [6.45, 7) is 2.88. The number of rotatable bonds is 5. The summed E-state index contributed by atoms with van der Waals surface area (Å²) in [5.41, 5.74) is 6.80. The van der Waals surface area contributed by atoms with E-state index in [1.54, 1.807) is 0 Å². The molecule has 0 radical (unpaired) electrons. The van der Waals surface area contributed by atoms with Crippen molar-refractivity contribution in [3.05, 3.63) is 28.8 Å². The van der Waals surface area contributed by atoms with Crippen molar-refractivity contribution in [3.63, 3.8) is 0 Å². The van der Waals surface area contributed by atoms with Crippen LogP contribution in [0.1, 0.15) is 44.6 Å². The Kier molecular flexibility index (Phi) is 5.53. The first-order valence-electron chi connectivity index (χ1n) is 7.39. The van der Waals surface area contributed by atoms with Gasteiger partial charge in [-0.15, -0.1) is 0 Å². The number of hydrogen-bond acceptors (Lipinski definition) is 2. The predicted molar refractivity (Wildman–Crippen MR) is 80.9 cm³/mol. The maximum absolute atomic E-state index is 6.28. The van der Waals surface area contributed by atoms with Crippen LogP contribution < -0.4 is 10.5 Å². The normalized spacial score (nSPS) is 23.3. The van der Waals surface area contributed by atoms with Crippen molar-refractivity contribution < 1.29 is 4.74 Å². The molecule has 1 aliphatic carbocycles. The van der Waals surface area contributed by atoms with Crippen LogP contribution in [0.15, 0.2) is 18.2 Å². The lowest BCUT2D eigenvalue weighted by atomic mass is 9.84. The predicted octanol–water partition coefficient (Wildman–Crippen LogP) is 4.19. The smallest absolute Gasteiger partial charge is 0.123 e. The second-order valence-corrected chi connectivity index (χ2v) is 5.84. The van der Waals surface area contributed by atoms with Crippen molar-refractivity contribution in [1.29, 1.82) is 0 Å². The summed E-state index contributed by atoms with van der Waals surface area (Å²) in [6, 6.07) is 5.88. The van der Waals surface area contributed by atoms with Crippen LogP contribution in [-0.4, -0.2) is 12.6 Å². The molecule has 3 heteroatoms. The molecule has 2 atom stereocenters. The Morgan fingerprint density at radius 1 is 1.32 bits per heavy atom. The van der Waals surface area contributed by atoms with Gasteiger partial charge < -0.3 is 10.5 Å². The molecular weight excluding hydrogens is 258 g/mol. The topological polar surface area (TPSA) is 35.2 Å². The molecule has 106 valence electrons. The Hall–Kier alpha value is -0.730. The molecular formula is C16H24ClNO. The summed E-state index contributed by atoms with van der Waals surface area (Å²) in [5, 5.41) is 0.756. The molecule has 2 rings (SSSR count). The molecule has 1 aliphatic rings. The Morgan fingerprint density at radius 2 is 2.11 bits per heavy atom. The van der Waals surface area contributed by atoms with E-state index in [4.69, 9.17) is 22.1 Å². The Labute approximate surface area is 121 Å². The molecule has 1 aromatic rings. The highest BCUT2D eigenvalue weighted by atomic mass is 35.5. The minimum Gasteiger partial charge on any atom is -0.490 e. The Morgan fingerprint density at radius 3 is 2.84 bits per heavy atom. The average molecular weight is 282 g/mol. The van der Waals surface area contributed by atoms with Gasteiger partial charge in [0.1, 0.15) is 11.9 Å². The van der Waals surface area contributed by atoms with E-state index in [0.717, 1.165) is 22.8 Å². The highest BCUT2D eigenvalue weighted by Crippen LogP contribution is 2.32. The average Bonchev–Trinajstić information content (AvgIpc) is 2.43. The van der Waals surface area contributed by atoms with Gasteiger partial charge in [0.2, 0.25) is 0 Å². The van der Waals surface area contributed by atoms with Gasteiger partial charge in [0.05, 0.1) is 0 Å². The van der Waals surface area contributed by atoms with Gasteiger partial charge >= 0.3 is 0 Å². The van der Waals surface area contributed by atoms with E-state index in [9.17, 15) is 0 Å². The number of hydrogen-bond donors (Lipinski definition) is 1. The van der Waals surface area contributed by atoms with Crippen molar-refractivity contribution >= 4 is 11.6 Å². The molecule has 1 fully saturated rings. The zero-order valence-electron chi connectivity index (χ0n) is 11.7. The summed E-state index contributed by atoms with van der Waals surface area (Å²) in [5.74, 6) is 1.66. The number of halogens is 1. The maximum Gasteiger partial charge on any atom is 0.123 e. The molecule has 1 saturated carbocycles. The standard InChI is InChI=1S/C16H24ClNO/c1-2-12-5-3-4-6-15(12)19-16-8-7-14(17)11-13(16)9-10-18/h7-8,11-12,15H,2-6,9-10,18H2,1H3. The summed E-state index contributed by atoms with van der Waals surface area (Å²) >= 11 is 6.05. The van der Waals surface area contributed by atoms with Crippen LogP contribution in [0.25, 0.3) is 0 Å². The number of nitrogens with two attached hydrogens (primary N) is 1. The Bertz CT molecular complexity index is 408. The summed E-state index contributed by atoms with van der Waals surface area (Å²) in [4.78, 5) is 0. The zero-order chi connectivity index (χ0) is 13.7. The van der Waals surface area contributed by atoms with Crippen LogP contribution in [0.3, 0.4) is 0 Å². The van der Waals surface area contributed by atoms with Crippen molar-refractivity contribution in [3.8, 4) is 5.75 Å². The molecule has 0 amide bonds. The van der Waals surface area contributed by atoms with Crippen LogP contribution in [0.5, 0.6) is 5.75 Å². The first-order valence-corrected chi connectivity index (χ1v) is 7.77. The lowest BCUT2D eigenvalue weighted by Gasteiger charge is -2.32. The summed E-state index contributed by atoms with van der Waals surface area (Å²) in [7, 11) is 0. The van der Waals surface area contributed by atoms with E-state index in [0.29, 0.717) is 18.6 Å². The minimum absolute atomic E-state index is 0.358. The first kappa shape index (κ1) is 14.7. The molecule has 1 aromatic carbocycles. The monoisotopic (exact) mass is 281 g/mol. The molecule has 0 saturated heterocycles. The van der Waals surface area contributed by atoms with E-state index in [-0.39, 0.29) is 0 Å². The van der Waals surface area contributed by atoms with Gasteiger partial charge in [0, 0.05) is 5.02 Å². The molecule has 0 aliphatic heterocycles. The van der Waals surface area contributed by atoms with Crippen molar-refractivity contribution in [2.24, 2.45) is 11.7 Å². The van der Waals surface area contributed by atoms with Gasteiger partial charge in [-0.2, -0.15) is 0 Å². The zero-order valence-corrected chi connectivity index (χ0v) is 12.5. The lowest BCUT2D eigenvalue weighted by molar-refractivity contribution is 0.0894. The number of benzene rings is 1. The van der Waals surface area contributed by atoms with Gasteiger partial charge in [-0.3, -0.25) is 0 Å². The van der Waals surface area contributed by atoms with E-state index in [1.807, 2.05) is 18.2 Å². The molecule has 2 N–H and O–H groups in total. The summed E-state index contributed by atoms with van der Waals surface area (Å²) in [6.07, 6.45) is 7.46. The molecule has 2 nitrogen and oxygen atoms in total. The van der Waals surface area contributed by atoms with Crippen LogP contribution in [-0.2, 0) is 6.42 Å². The third-order valence-corrected chi connectivity index (χ3v) is 4.31. The van der Waals surface area contributed by atoms with Gasteiger partial charge in [0.25, 0.3) is 0 Å². The maximum atomic E-state index is 6.28. The number of ether oxygens (including phenoxy) is 1. The molecule has 2 unspecified atom stereocenters. The van der Waals surface area contributed by atoms with Crippen molar-refractivity contribution in [1.82, 2.24) is 0 Å². The molecule has 0 aromatic heterocycles. The fourth-order valence-corrected chi connectivity index (χ4v) is 3.17.